The van der Waals surface area contributed by atoms with Crippen LogP contribution in [0.4, 0.5) is 0 Å². The summed E-state index contributed by atoms with van der Waals surface area (Å²) in [6.07, 6.45) is 5.43. The predicted octanol–water partition coefficient (Wildman–Crippen LogP) is 3.06. The fourth-order valence-corrected chi connectivity index (χ4v) is 1.70. The Labute approximate surface area is 77.9 Å². The lowest BCUT2D eigenvalue weighted by molar-refractivity contribution is 0.355. The molecular formula is C11H25N. The Kier molecular flexibility index (Phi) is 7.58. The largest absolute Gasteiger partial charge is 0.320 e. The van der Waals surface area contributed by atoms with Gasteiger partial charge in [0.25, 0.3) is 0 Å². The van der Waals surface area contributed by atoms with Crippen LogP contribution in [0.3, 0.4) is 0 Å². The maximum Gasteiger partial charge on any atom is -0.00494 e. The van der Waals surface area contributed by atoms with Gasteiger partial charge >= 0.3 is 0 Å². The van der Waals surface area contributed by atoms with Gasteiger partial charge in [-0.15, -0.1) is 0 Å². The van der Waals surface area contributed by atoms with E-state index in [-0.39, 0.29) is 0 Å². The SMILES string of the molecule is CCC(CC)C[C@H](C)CCNC. The summed E-state index contributed by atoms with van der Waals surface area (Å²) >= 11 is 0. The Balaban J connectivity index is 3.44. The standard InChI is InChI=1S/C11H25N/c1-5-11(6-2)9-10(3)7-8-12-4/h10-12H,5-9H2,1-4H3/t10-/m1/s1. The minimum absolute atomic E-state index is 0.891. The van der Waals surface area contributed by atoms with Crippen molar-refractivity contribution in [1.82, 2.24) is 5.32 Å². The molecule has 0 bridgehead atoms. The zero-order chi connectivity index (χ0) is 9.40. The number of rotatable bonds is 7. The first-order chi connectivity index (χ1) is 5.74. The first kappa shape index (κ1) is 12.0. The summed E-state index contributed by atoms with van der Waals surface area (Å²) in [5, 5.41) is 3.21. The molecule has 0 aliphatic carbocycles. The zero-order valence-electron chi connectivity index (χ0n) is 9.19. The van der Waals surface area contributed by atoms with E-state index < -0.39 is 0 Å². The smallest absolute Gasteiger partial charge is 0.00494 e. The van der Waals surface area contributed by atoms with E-state index in [0.717, 1.165) is 11.8 Å². The third kappa shape index (κ3) is 5.59. The predicted molar refractivity (Wildman–Crippen MR) is 56.4 cm³/mol. The molecule has 0 saturated carbocycles. The molecule has 0 aromatic carbocycles. The molecule has 0 saturated heterocycles. The maximum absolute atomic E-state index is 3.21. The lowest BCUT2D eigenvalue weighted by Crippen LogP contribution is -2.13. The zero-order valence-corrected chi connectivity index (χ0v) is 9.19. The van der Waals surface area contributed by atoms with Crippen molar-refractivity contribution in [3.05, 3.63) is 0 Å². The highest BCUT2D eigenvalue weighted by molar-refractivity contribution is 4.61. The summed E-state index contributed by atoms with van der Waals surface area (Å²) in [5.41, 5.74) is 0. The van der Waals surface area contributed by atoms with Gasteiger partial charge in [0, 0.05) is 0 Å². The van der Waals surface area contributed by atoms with E-state index in [1.54, 1.807) is 0 Å². The van der Waals surface area contributed by atoms with Gasteiger partial charge in [-0.2, -0.15) is 0 Å². The van der Waals surface area contributed by atoms with Crippen LogP contribution in [0.2, 0.25) is 0 Å². The Bertz CT molecular complexity index is 87.0. The highest BCUT2D eigenvalue weighted by Crippen LogP contribution is 2.20. The summed E-state index contributed by atoms with van der Waals surface area (Å²) in [6, 6.07) is 0. The van der Waals surface area contributed by atoms with Crippen molar-refractivity contribution in [2.45, 2.75) is 46.5 Å². The Hall–Kier alpha value is -0.0400. The molecule has 12 heavy (non-hydrogen) atoms. The topological polar surface area (TPSA) is 12.0 Å². The van der Waals surface area contributed by atoms with Crippen molar-refractivity contribution in [2.75, 3.05) is 13.6 Å². The summed E-state index contributed by atoms with van der Waals surface area (Å²) < 4.78 is 0. The first-order valence-electron chi connectivity index (χ1n) is 5.39. The fourth-order valence-electron chi connectivity index (χ4n) is 1.70. The van der Waals surface area contributed by atoms with E-state index in [0.29, 0.717) is 0 Å². The lowest BCUT2D eigenvalue weighted by Gasteiger charge is -2.17. The van der Waals surface area contributed by atoms with E-state index in [4.69, 9.17) is 0 Å². The molecule has 0 fully saturated rings. The van der Waals surface area contributed by atoms with Crippen LogP contribution in [0.1, 0.15) is 46.5 Å². The number of nitrogens with one attached hydrogen (secondary N) is 1. The molecule has 1 N–H and O–H groups in total. The molecule has 0 unspecified atom stereocenters. The summed E-state index contributed by atoms with van der Waals surface area (Å²) in [5.74, 6) is 1.85. The fraction of sp³-hybridized carbons (Fsp3) is 1.00. The van der Waals surface area contributed by atoms with Crippen molar-refractivity contribution >= 4 is 0 Å². The summed E-state index contributed by atoms with van der Waals surface area (Å²) in [7, 11) is 2.03. The van der Waals surface area contributed by atoms with Gasteiger partial charge in [0.1, 0.15) is 0 Å². The van der Waals surface area contributed by atoms with Gasteiger partial charge in [0.15, 0.2) is 0 Å². The number of hydrogen-bond acceptors (Lipinski definition) is 1. The normalized spacial score (nSPS) is 13.8. The van der Waals surface area contributed by atoms with Crippen LogP contribution < -0.4 is 5.32 Å². The van der Waals surface area contributed by atoms with Crippen LogP contribution in [0, 0.1) is 11.8 Å². The van der Waals surface area contributed by atoms with Gasteiger partial charge < -0.3 is 5.32 Å². The summed E-state index contributed by atoms with van der Waals surface area (Å²) in [6.45, 7) is 8.15. The van der Waals surface area contributed by atoms with Crippen LogP contribution in [0.5, 0.6) is 0 Å². The number of hydrogen-bond donors (Lipinski definition) is 1. The van der Waals surface area contributed by atoms with E-state index in [1.165, 1.54) is 32.2 Å². The van der Waals surface area contributed by atoms with E-state index in [9.17, 15) is 0 Å². The monoisotopic (exact) mass is 171 g/mol. The van der Waals surface area contributed by atoms with Crippen LogP contribution in [0.25, 0.3) is 0 Å². The van der Waals surface area contributed by atoms with E-state index in [1.807, 2.05) is 7.05 Å². The van der Waals surface area contributed by atoms with Crippen molar-refractivity contribution in [3.63, 3.8) is 0 Å². The third-order valence-electron chi connectivity index (χ3n) is 2.78. The second-order valence-corrected chi connectivity index (χ2v) is 3.92. The average molecular weight is 171 g/mol. The molecule has 74 valence electrons. The molecule has 1 heteroatoms. The molecule has 0 aliphatic rings. The van der Waals surface area contributed by atoms with Gasteiger partial charge in [0.2, 0.25) is 0 Å². The Morgan fingerprint density at radius 3 is 2.17 bits per heavy atom. The van der Waals surface area contributed by atoms with Crippen LogP contribution in [-0.2, 0) is 0 Å². The molecular weight excluding hydrogens is 146 g/mol. The molecule has 0 heterocycles. The summed E-state index contributed by atoms with van der Waals surface area (Å²) in [4.78, 5) is 0. The Morgan fingerprint density at radius 2 is 1.75 bits per heavy atom. The lowest BCUT2D eigenvalue weighted by atomic mass is 9.90. The van der Waals surface area contributed by atoms with Crippen molar-refractivity contribution in [3.8, 4) is 0 Å². The van der Waals surface area contributed by atoms with Gasteiger partial charge in [-0.3, -0.25) is 0 Å². The molecule has 0 spiro atoms. The molecule has 1 nitrogen and oxygen atoms in total. The highest BCUT2D eigenvalue weighted by Gasteiger charge is 2.08. The third-order valence-corrected chi connectivity index (χ3v) is 2.78. The van der Waals surface area contributed by atoms with Crippen molar-refractivity contribution in [2.24, 2.45) is 11.8 Å². The second-order valence-electron chi connectivity index (χ2n) is 3.92. The second kappa shape index (κ2) is 7.60. The van der Waals surface area contributed by atoms with E-state index in [2.05, 4.69) is 26.1 Å². The molecule has 0 rings (SSSR count). The van der Waals surface area contributed by atoms with Gasteiger partial charge in [0.05, 0.1) is 0 Å². The molecule has 0 aromatic rings. The molecule has 1 atom stereocenters. The first-order valence-corrected chi connectivity index (χ1v) is 5.39. The minimum Gasteiger partial charge on any atom is -0.320 e. The van der Waals surface area contributed by atoms with Crippen molar-refractivity contribution in [1.29, 1.82) is 0 Å². The molecule has 0 radical (unpaired) electrons. The quantitative estimate of drug-likeness (QED) is 0.621. The van der Waals surface area contributed by atoms with E-state index >= 15 is 0 Å². The molecule has 0 aliphatic heterocycles. The van der Waals surface area contributed by atoms with Crippen LogP contribution in [0.15, 0.2) is 0 Å². The van der Waals surface area contributed by atoms with Gasteiger partial charge in [-0.25, -0.2) is 0 Å². The van der Waals surface area contributed by atoms with Gasteiger partial charge in [-0.1, -0.05) is 33.6 Å². The Morgan fingerprint density at radius 1 is 1.17 bits per heavy atom. The maximum atomic E-state index is 3.21. The van der Waals surface area contributed by atoms with Crippen LogP contribution in [-0.4, -0.2) is 13.6 Å². The minimum atomic E-state index is 0.891. The average Bonchev–Trinajstić information content (AvgIpc) is 2.10. The van der Waals surface area contributed by atoms with Gasteiger partial charge in [-0.05, 0) is 38.3 Å². The van der Waals surface area contributed by atoms with Crippen molar-refractivity contribution < 1.29 is 0 Å². The molecule has 0 amide bonds. The van der Waals surface area contributed by atoms with Crippen LogP contribution >= 0.6 is 0 Å². The molecule has 0 aromatic heterocycles. The highest BCUT2D eigenvalue weighted by atomic mass is 14.8.